The van der Waals surface area contributed by atoms with Crippen molar-refractivity contribution in [2.45, 2.75) is 0 Å². The number of amides is 1. The standard InChI is InChI=1S/C15H12N4O2/c20-11-5-3-4-10(8-11)18-15(21)12-9-17-19-14(12)13-6-1-2-7-16-13/h1-9,20H,(H,17,19)(H,18,21). The van der Waals surface area contributed by atoms with Crippen LogP contribution in [0.3, 0.4) is 0 Å². The second-order valence-corrected chi connectivity index (χ2v) is 4.38. The zero-order valence-electron chi connectivity index (χ0n) is 10.9. The molecule has 0 saturated carbocycles. The molecule has 0 bridgehead atoms. The Morgan fingerprint density at radius 3 is 2.86 bits per heavy atom. The van der Waals surface area contributed by atoms with Crippen LogP contribution in [0.15, 0.2) is 54.9 Å². The van der Waals surface area contributed by atoms with Crippen LogP contribution in [0, 0.1) is 0 Å². The Labute approximate surface area is 120 Å². The van der Waals surface area contributed by atoms with Gasteiger partial charge in [0.15, 0.2) is 0 Å². The number of pyridine rings is 1. The number of hydrogen-bond donors (Lipinski definition) is 3. The Bertz CT molecular complexity index is 768. The van der Waals surface area contributed by atoms with Crippen molar-refractivity contribution < 1.29 is 9.90 Å². The molecule has 0 aliphatic rings. The number of nitrogens with one attached hydrogen (secondary N) is 2. The van der Waals surface area contributed by atoms with Crippen LogP contribution in [0.5, 0.6) is 5.75 Å². The van der Waals surface area contributed by atoms with E-state index in [0.29, 0.717) is 22.6 Å². The summed E-state index contributed by atoms with van der Waals surface area (Å²) in [6, 6.07) is 11.8. The molecular formula is C15H12N4O2. The fourth-order valence-corrected chi connectivity index (χ4v) is 1.95. The zero-order valence-corrected chi connectivity index (χ0v) is 10.9. The van der Waals surface area contributed by atoms with Gasteiger partial charge in [0.1, 0.15) is 5.75 Å². The summed E-state index contributed by atoms with van der Waals surface area (Å²) >= 11 is 0. The molecule has 1 amide bonds. The van der Waals surface area contributed by atoms with Crippen molar-refractivity contribution in [1.29, 1.82) is 0 Å². The molecule has 2 aromatic heterocycles. The molecule has 6 nitrogen and oxygen atoms in total. The number of carbonyl (C=O) groups is 1. The lowest BCUT2D eigenvalue weighted by molar-refractivity contribution is 0.102. The fourth-order valence-electron chi connectivity index (χ4n) is 1.95. The minimum atomic E-state index is -0.324. The van der Waals surface area contributed by atoms with Gasteiger partial charge in [0.05, 0.1) is 23.1 Å². The van der Waals surface area contributed by atoms with E-state index in [0.717, 1.165) is 0 Å². The second-order valence-electron chi connectivity index (χ2n) is 4.38. The quantitative estimate of drug-likeness (QED) is 0.687. The van der Waals surface area contributed by atoms with E-state index in [-0.39, 0.29) is 11.7 Å². The van der Waals surface area contributed by atoms with Gasteiger partial charge in [0.25, 0.3) is 5.91 Å². The number of phenols is 1. The molecule has 0 unspecified atom stereocenters. The van der Waals surface area contributed by atoms with Crippen molar-refractivity contribution in [2.75, 3.05) is 5.32 Å². The van der Waals surface area contributed by atoms with E-state index < -0.39 is 0 Å². The van der Waals surface area contributed by atoms with Crippen LogP contribution in [0.4, 0.5) is 5.69 Å². The SMILES string of the molecule is O=C(Nc1cccc(O)c1)c1cn[nH]c1-c1ccccn1. The molecule has 0 atom stereocenters. The zero-order chi connectivity index (χ0) is 14.7. The van der Waals surface area contributed by atoms with Gasteiger partial charge >= 0.3 is 0 Å². The molecule has 0 radical (unpaired) electrons. The van der Waals surface area contributed by atoms with Crippen molar-refractivity contribution in [3.8, 4) is 17.1 Å². The first-order valence-electron chi connectivity index (χ1n) is 6.29. The van der Waals surface area contributed by atoms with Gasteiger partial charge in [-0.05, 0) is 24.3 Å². The summed E-state index contributed by atoms with van der Waals surface area (Å²) in [5, 5.41) is 18.8. The number of hydrogen-bond acceptors (Lipinski definition) is 4. The minimum absolute atomic E-state index is 0.0879. The molecular weight excluding hydrogens is 268 g/mol. The average Bonchev–Trinajstić information content (AvgIpc) is 2.98. The van der Waals surface area contributed by atoms with E-state index in [1.165, 1.54) is 18.3 Å². The molecule has 0 aliphatic heterocycles. The summed E-state index contributed by atoms with van der Waals surface area (Å²) < 4.78 is 0. The fraction of sp³-hybridized carbons (Fsp3) is 0. The smallest absolute Gasteiger partial charge is 0.259 e. The van der Waals surface area contributed by atoms with Gasteiger partial charge in [0.2, 0.25) is 0 Å². The minimum Gasteiger partial charge on any atom is -0.508 e. The molecule has 3 N–H and O–H groups in total. The summed E-state index contributed by atoms with van der Waals surface area (Å²) in [6.45, 7) is 0. The third kappa shape index (κ3) is 2.74. The van der Waals surface area contributed by atoms with Crippen LogP contribution in [0.1, 0.15) is 10.4 Å². The van der Waals surface area contributed by atoms with Crippen LogP contribution in [-0.4, -0.2) is 26.2 Å². The maximum Gasteiger partial charge on any atom is 0.259 e. The predicted octanol–water partition coefficient (Wildman–Crippen LogP) is 2.43. The molecule has 0 aliphatic carbocycles. The lowest BCUT2D eigenvalue weighted by atomic mass is 10.1. The first-order valence-corrected chi connectivity index (χ1v) is 6.29. The molecule has 0 fully saturated rings. The van der Waals surface area contributed by atoms with E-state index in [1.54, 1.807) is 30.5 Å². The van der Waals surface area contributed by atoms with Gasteiger partial charge in [0, 0.05) is 18.0 Å². The van der Waals surface area contributed by atoms with Crippen LogP contribution in [0.25, 0.3) is 11.4 Å². The highest BCUT2D eigenvalue weighted by Crippen LogP contribution is 2.21. The first kappa shape index (κ1) is 12.9. The number of H-pyrrole nitrogens is 1. The second kappa shape index (κ2) is 5.46. The van der Waals surface area contributed by atoms with Crippen LogP contribution in [-0.2, 0) is 0 Å². The van der Waals surface area contributed by atoms with Crippen LogP contribution < -0.4 is 5.32 Å². The van der Waals surface area contributed by atoms with Crippen LogP contribution >= 0.6 is 0 Å². The van der Waals surface area contributed by atoms with Gasteiger partial charge in [-0.3, -0.25) is 14.9 Å². The molecule has 6 heteroatoms. The first-order chi connectivity index (χ1) is 10.2. The lowest BCUT2D eigenvalue weighted by Crippen LogP contribution is -2.12. The van der Waals surface area contributed by atoms with Crippen molar-refractivity contribution in [3.05, 3.63) is 60.4 Å². The van der Waals surface area contributed by atoms with Crippen molar-refractivity contribution in [3.63, 3.8) is 0 Å². The Morgan fingerprint density at radius 1 is 1.19 bits per heavy atom. The number of phenolic OH excluding ortho intramolecular Hbond substituents is 1. The third-order valence-corrected chi connectivity index (χ3v) is 2.91. The Hall–Kier alpha value is -3.15. The number of aromatic amines is 1. The maximum atomic E-state index is 12.3. The van der Waals surface area contributed by atoms with Crippen molar-refractivity contribution >= 4 is 11.6 Å². The summed E-state index contributed by atoms with van der Waals surface area (Å²) in [5.74, 6) is -0.236. The number of aromatic hydroxyl groups is 1. The molecule has 2 heterocycles. The topological polar surface area (TPSA) is 90.9 Å². The van der Waals surface area contributed by atoms with Crippen LogP contribution in [0.2, 0.25) is 0 Å². The van der Waals surface area contributed by atoms with E-state index in [4.69, 9.17) is 0 Å². The van der Waals surface area contributed by atoms with E-state index in [1.807, 2.05) is 6.07 Å². The number of benzene rings is 1. The number of anilines is 1. The largest absolute Gasteiger partial charge is 0.508 e. The molecule has 0 spiro atoms. The van der Waals surface area contributed by atoms with Crippen molar-refractivity contribution in [1.82, 2.24) is 15.2 Å². The number of carbonyl (C=O) groups excluding carboxylic acids is 1. The van der Waals surface area contributed by atoms with E-state index >= 15 is 0 Å². The number of aromatic nitrogens is 3. The Morgan fingerprint density at radius 2 is 2.10 bits per heavy atom. The highest BCUT2D eigenvalue weighted by molar-refractivity contribution is 6.07. The Kier molecular flexibility index (Phi) is 3.34. The summed E-state index contributed by atoms with van der Waals surface area (Å²) in [4.78, 5) is 16.5. The monoisotopic (exact) mass is 280 g/mol. The molecule has 1 aromatic carbocycles. The number of rotatable bonds is 3. The highest BCUT2D eigenvalue weighted by Gasteiger charge is 2.16. The predicted molar refractivity (Wildman–Crippen MR) is 77.9 cm³/mol. The number of nitrogens with zero attached hydrogens (tertiary/aromatic N) is 2. The summed E-state index contributed by atoms with van der Waals surface area (Å²) in [7, 11) is 0. The van der Waals surface area contributed by atoms with E-state index in [2.05, 4.69) is 20.5 Å². The van der Waals surface area contributed by atoms with E-state index in [9.17, 15) is 9.90 Å². The Balaban J connectivity index is 1.88. The molecule has 3 aromatic rings. The maximum absolute atomic E-state index is 12.3. The van der Waals surface area contributed by atoms with Gasteiger partial charge in [-0.1, -0.05) is 12.1 Å². The van der Waals surface area contributed by atoms with Gasteiger partial charge in [-0.25, -0.2) is 0 Å². The third-order valence-electron chi connectivity index (χ3n) is 2.91. The van der Waals surface area contributed by atoms with Gasteiger partial charge < -0.3 is 10.4 Å². The molecule has 21 heavy (non-hydrogen) atoms. The summed E-state index contributed by atoms with van der Waals surface area (Å²) in [6.07, 6.45) is 3.09. The van der Waals surface area contributed by atoms with Crippen molar-refractivity contribution in [2.24, 2.45) is 0 Å². The molecule has 0 saturated heterocycles. The molecule has 3 rings (SSSR count). The summed E-state index contributed by atoms with van der Waals surface area (Å²) in [5.41, 5.74) is 2.08. The molecule has 104 valence electrons. The average molecular weight is 280 g/mol. The van der Waals surface area contributed by atoms with Gasteiger partial charge in [-0.2, -0.15) is 5.10 Å². The normalized spacial score (nSPS) is 10.3. The highest BCUT2D eigenvalue weighted by atomic mass is 16.3. The lowest BCUT2D eigenvalue weighted by Gasteiger charge is -2.05. The van der Waals surface area contributed by atoms with Gasteiger partial charge in [-0.15, -0.1) is 0 Å².